The third kappa shape index (κ3) is 4.64. The van der Waals surface area contributed by atoms with E-state index in [9.17, 15) is 9.90 Å². The van der Waals surface area contributed by atoms with Crippen molar-refractivity contribution in [2.75, 3.05) is 13.2 Å². The summed E-state index contributed by atoms with van der Waals surface area (Å²) >= 11 is 0. The van der Waals surface area contributed by atoms with E-state index in [1.807, 2.05) is 24.3 Å². The number of aryl methyl sites for hydroxylation is 1. The molecule has 0 saturated heterocycles. The smallest absolute Gasteiger partial charge is 0.333 e. The van der Waals surface area contributed by atoms with E-state index in [4.69, 9.17) is 9.47 Å². The van der Waals surface area contributed by atoms with Gasteiger partial charge < -0.3 is 14.6 Å². The van der Waals surface area contributed by atoms with E-state index in [0.717, 1.165) is 17.7 Å². The molecule has 2 atom stereocenters. The summed E-state index contributed by atoms with van der Waals surface area (Å²) in [5.41, 5.74) is 7.62. The Labute approximate surface area is 183 Å². The molecule has 3 aromatic rings. The van der Waals surface area contributed by atoms with Crippen LogP contribution in [-0.2, 0) is 16.0 Å². The maximum atomic E-state index is 11.3. The van der Waals surface area contributed by atoms with Crippen molar-refractivity contribution in [3.8, 4) is 16.9 Å². The summed E-state index contributed by atoms with van der Waals surface area (Å²) in [6.45, 7) is 4.93. The molecule has 0 radical (unpaired) electrons. The van der Waals surface area contributed by atoms with Crippen molar-refractivity contribution >= 4 is 5.97 Å². The number of hydrogen-bond donors (Lipinski definition) is 1. The molecule has 2 unspecified atom stereocenters. The van der Waals surface area contributed by atoms with Crippen LogP contribution in [0.2, 0.25) is 0 Å². The van der Waals surface area contributed by atoms with E-state index >= 15 is 0 Å². The Hall–Kier alpha value is -3.11. The van der Waals surface area contributed by atoms with E-state index < -0.39 is 12.1 Å². The molecular formula is C27H28O4. The fourth-order valence-corrected chi connectivity index (χ4v) is 4.38. The summed E-state index contributed by atoms with van der Waals surface area (Å²) in [4.78, 5) is 11.3. The number of rotatable bonds is 9. The van der Waals surface area contributed by atoms with Crippen LogP contribution in [0.25, 0.3) is 11.1 Å². The van der Waals surface area contributed by atoms with Gasteiger partial charge in [-0.1, -0.05) is 60.2 Å². The lowest BCUT2D eigenvalue weighted by Gasteiger charge is -2.15. The van der Waals surface area contributed by atoms with E-state index in [2.05, 4.69) is 49.4 Å². The fraction of sp³-hybridized carbons (Fsp3) is 0.296. The molecule has 31 heavy (non-hydrogen) atoms. The first-order chi connectivity index (χ1) is 15.1. The predicted octanol–water partition coefficient (Wildman–Crippen LogP) is 5.61. The van der Waals surface area contributed by atoms with Gasteiger partial charge in [-0.2, -0.15) is 0 Å². The molecule has 1 N–H and O–H groups in total. The number of ether oxygens (including phenoxy) is 2. The van der Waals surface area contributed by atoms with Crippen LogP contribution in [0.3, 0.4) is 0 Å². The molecule has 0 fully saturated rings. The minimum Gasteiger partial charge on any atom is -0.494 e. The summed E-state index contributed by atoms with van der Waals surface area (Å²) in [5, 5.41) is 9.25. The van der Waals surface area contributed by atoms with Gasteiger partial charge in [-0.25, -0.2) is 4.79 Å². The Balaban J connectivity index is 1.39. The molecule has 0 bridgehead atoms. The van der Waals surface area contributed by atoms with E-state index in [0.29, 0.717) is 25.6 Å². The van der Waals surface area contributed by atoms with Gasteiger partial charge in [-0.05, 0) is 60.2 Å². The third-order valence-corrected chi connectivity index (χ3v) is 5.87. The maximum absolute atomic E-state index is 11.3. The third-order valence-electron chi connectivity index (χ3n) is 5.87. The fourth-order valence-electron chi connectivity index (χ4n) is 4.38. The molecule has 0 saturated carbocycles. The van der Waals surface area contributed by atoms with Crippen LogP contribution in [0.15, 0.2) is 66.7 Å². The standard InChI is InChI=1S/C27H28O4/c1-3-30-26(27(28)29)17-19-9-11-20(12-10-19)31-15-14-24-21-6-4-5-7-22(21)25-16-18(2)8-13-23(24)25/h4-13,16,24,26H,3,14-15,17H2,1-2H3,(H,28,29). The van der Waals surface area contributed by atoms with Crippen LogP contribution < -0.4 is 4.74 Å². The highest BCUT2D eigenvalue weighted by molar-refractivity contribution is 5.79. The minimum atomic E-state index is -0.936. The Morgan fingerprint density at radius 2 is 1.74 bits per heavy atom. The summed E-state index contributed by atoms with van der Waals surface area (Å²) in [5.74, 6) is 0.200. The quantitative estimate of drug-likeness (QED) is 0.493. The van der Waals surface area contributed by atoms with E-state index in [-0.39, 0.29) is 0 Å². The molecule has 0 heterocycles. The topological polar surface area (TPSA) is 55.8 Å². The van der Waals surface area contributed by atoms with Gasteiger partial charge in [0.05, 0.1) is 6.61 Å². The van der Waals surface area contributed by atoms with Crippen molar-refractivity contribution in [2.24, 2.45) is 0 Å². The SMILES string of the molecule is CCOC(Cc1ccc(OCCC2c3ccccc3-c3cc(C)ccc32)cc1)C(=O)O. The molecule has 1 aliphatic carbocycles. The first-order valence-corrected chi connectivity index (χ1v) is 10.8. The molecule has 0 aromatic heterocycles. The molecule has 4 rings (SSSR count). The molecule has 1 aliphatic rings. The average molecular weight is 417 g/mol. The molecule has 4 heteroatoms. The highest BCUT2D eigenvalue weighted by Gasteiger charge is 2.28. The van der Waals surface area contributed by atoms with Gasteiger partial charge in [0.2, 0.25) is 0 Å². The van der Waals surface area contributed by atoms with Crippen molar-refractivity contribution in [3.63, 3.8) is 0 Å². The maximum Gasteiger partial charge on any atom is 0.333 e. The monoisotopic (exact) mass is 416 g/mol. The Kier molecular flexibility index (Phi) is 6.38. The first-order valence-electron chi connectivity index (χ1n) is 10.8. The zero-order valence-electron chi connectivity index (χ0n) is 18.0. The van der Waals surface area contributed by atoms with Crippen LogP contribution in [-0.4, -0.2) is 30.4 Å². The number of carboxylic acids is 1. The predicted molar refractivity (Wildman–Crippen MR) is 122 cm³/mol. The summed E-state index contributed by atoms with van der Waals surface area (Å²) in [6, 6.07) is 23.0. The van der Waals surface area contributed by atoms with Crippen molar-refractivity contribution in [2.45, 2.75) is 38.7 Å². The lowest BCUT2D eigenvalue weighted by Crippen LogP contribution is -2.26. The van der Waals surface area contributed by atoms with Crippen molar-refractivity contribution < 1.29 is 19.4 Å². The highest BCUT2D eigenvalue weighted by Crippen LogP contribution is 2.46. The molecule has 160 valence electrons. The molecule has 0 aliphatic heterocycles. The number of fused-ring (bicyclic) bond motifs is 3. The van der Waals surface area contributed by atoms with Crippen LogP contribution in [0, 0.1) is 6.92 Å². The second-order valence-corrected chi connectivity index (χ2v) is 8.00. The summed E-state index contributed by atoms with van der Waals surface area (Å²) in [7, 11) is 0. The number of carboxylic acid groups (broad SMARTS) is 1. The van der Waals surface area contributed by atoms with Gasteiger partial charge in [0.25, 0.3) is 0 Å². The van der Waals surface area contributed by atoms with Crippen molar-refractivity contribution in [1.29, 1.82) is 0 Å². The Morgan fingerprint density at radius 1 is 1.00 bits per heavy atom. The number of carbonyl (C=O) groups is 1. The lowest BCUT2D eigenvalue weighted by atomic mass is 9.93. The zero-order valence-corrected chi connectivity index (χ0v) is 18.0. The molecular weight excluding hydrogens is 388 g/mol. The first kappa shape index (κ1) is 21.1. The average Bonchev–Trinajstić information content (AvgIpc) is 3.07. The Bertz CT molecular complexity index is 1060. The highest BCUT2D eigenvalue weighted by atomic mass is 16.5. The molecule has 0 spiro atoms. The zero-order chi connectivity index (χ0) is 21.8. The van der Waals surface area contributed by atoms with Gasteiger partial charge >= 0.3 is 5.97 Å². The van der Waals surface area contributed by atoms with Gasteiger partial charge in [-0.15, -0.1) is 0 Å². The molecule has 3 aromatic carbocycles. The summed E-state index contributed by atoms with van der Waals surface area (Å²) < 4.78 is 11.3. The van der Waals surface area contributed by atoms with Crippen LogP contribution in [0.5, 0.6) is 5.75 Å². The van der Waals surface area contributed by atoms with Gasteiger partial charge in [-0.3, -0.25) is 0 Å². The van der Waals surface area contributed by atoms with Gasteiger partial charge in [0.1, 0.15) is 5.75 Å². The van der Waals surface area contributed by atoms with E-state index in [1.54, 1.807) is 6.92 Å². The van der Waals surface area contributed by atoms with Gasteiger partial charge in [0, 0.05) is 18.9 Å². The van der Waals surface area contributed by atoms with Crippen LogP contribution in [0.4, 0.5) is 0 Å². The van der Waals surface area contributed by atoms with E-state index in [1.165, 1.54) is 27.8 Å². The second-order valence-electron chi connectivity index (χ2n) is 8.00. The number of aliphatic carboxylic acids is 1. The largest absolute Gasteiger partial charge is 0.494 e. The van der Waals surface area contributed by atoms with Crippen LogP contribution in [0.1, 0.15) is 41.5 Å². The van der Waals surface area contributed by atoms with Crippen LogP contribution >= 0.6 is 0 Å². The minimum absolute atomic E-state index is 0.341. The summed E-state index contributed by atoms with van der Waals surface area (Å²) in [6.07, 6.45) is 0.432. The second kappa shape index (κ2) is 9.36. The Morgan fingerprint density at radius 3 is 2.48 bits per heavy atom. The van der Waals surface area contributed by atoms with Gasteiger partial charge in [0.15, 0.2) is 6.10 Å². The molecule has 0 amide bonds. The van der Waals surface area contributed by atoms with Crippen molar-refractivity contribution in [3.05, 3.63) is 89.0 Å². The van der Waals surface area contributed by atoms with Crippen molar-refractivity contribution in [1.82, 2.24) is 0 Å². The number of benzene rings is 3. The molecule has 4 nitrogen and oxygen atoms in total. The lowest BCUT2D eigenvalue weighted by molar-refractivity contribution is -0.149. The normalized spacial score (nSPS) is 15.2. The number of hydrogen-bond acceptors (Lipinski definition) is 3.